The number of methoxy groups -OCH3 is 1. The van der Waals surface area contributed by atoms with Crippen LogP contribution in [0.4, 0.5) is 0 Å². The van der Waals surface area contributed by atoms with Crippen LogP contribution in [0.3, 0.4) is 0 Å². The third-order valence-electron chi connectivity index (χ3n) is 1.98. The van der Waals surface area contributed by atoms with Gasteiger partial charge in [-0.3, -0.25) is 9.73 Å². The average molecular weight is 292 g/mol. The van der Waals surface area contributed by atoms with Gasteiger partial charge in [0.25, 0.3) is 5.69 Å². The number of hydrogen-bond acceptors (Lipinski definition) is 7. The Morgan fingerprint density at radius 3 is 2.72 bits per heavy atom. The summed E-state index contributed by atoms with van der Waals surface area (Å²) < 4.78 is 34.9. The number of carbonyl (C=O) groups excluding carboxylic acids is 1. The zero-order chi connectivity index (χ0) is 13.5. The predicted octanol–water partition coefficient (Wildman–Crippen LogP) is 1.31. The highest BCUT2D eigenvalue weighted by Gasteiger charge is 2.29. The minimum Gasteiger partial charge on any atom is -0.495 e. The van der Waals surface area contributed by atoms with E-state index in [2.05, 4.69) is 9.05 Å². The zero-order valence-electron chi connectivity index (χ0n) is 9.10. The number of nitrogens with zero attached hydrogens (tertiary/aromatic N) is 1. The molecule has 96 valence electrons. The highest BCUT2D eigenvalue weighted by molar-refractivity contribution is 7.18. The van der Waals surface area contributed by atoms with E-state index in [1.54, 1.807) is 0 Å². The lowest BCUT2D eigenvalue weighted by atomic mass is 10.2. The number of rotatable bonds is 6. The molecule has 1 rings (SSSR count). The number of ether oxygens (including phenoxy) is 1. The molecule has 0 aliphatic heterocycles. The molecular formula is C8H8NO7P2+. The van der Waals surface area contributed by atoms with Crippen molar-refractivity contribution in [3.8, 4) is 5.75 Å². The molecule has 18 heavy (non-hydrogen) atoms. The van der Waals surface area contributed by atoms with Crippen LogP contribution in [0.15, 0.2) is 12.3 Å². The second-order valence-corrected chi connectivity index (χ2v) is 3.59. The van der Waals surface area contributed by atoms with Crippen LogP contribution >= 0.6 is 17.4 Å². The van der Waals surface area contributed by atoms with Gasteiger partial charge in [0.2, 0.25) is 6.20 Å². The Morgan fingerprint density at radius 2 is 2.17 bits per heavy atom. The van der Waals surface area contributed by atoms with Gasteiger partial charge in [0.15, 0.2) is 12.2 Å². The van der Waals surface area contributed by atoms with Crippen molar-refractivity contribution in [2.24, 2.45) is 0 Å². The van der Waals surface area contributed by atoms with E-state index in [4.69, 9.17) is 4.74 Å². The third kappa shape index (κ3) is 3.20. The van der Waals surface area contributed by atoms with Crippen LogP contribution in [-0.4, -0.2) is 18.3 Å². The fourth-order valence-electron chi connectivity index (χ4n) is 1.26. The van der Waals surface area contributed by atoms with E-state index in [0.717, 1.165) is 0 Å². The molecule has 1 N–H and O–H groups in total. The molecule has 0 aliphatic rings. The Labute approximate surface area is 105 Å². The predicted molar refractivity (Wildman–Crippen MR) is 55.8 cm³/mol. The highest BCUT2D eigenvalue weighted by Crippen LogP contribution is 2.23. The lowest BCUT2D eigenvalue weighted by Gasteiger charge is -2.06. The number of aromatic nitrogens is 1. The van der Waals surface area contributed by atoms with Crippen molar-refractivity contribution < 1.29 is 37.6 Å². The van der Waals surface area contributed by atoms with E-state index in [-0.39, 0.29) is 23.6 Å². The molecule has 1 heterocycles. The second-order valence-electron chi connectivity index (χ2n) is 2.85. The molecular weight excluding hydrogens is 284 g/mol. The first-order valence-corrected chi connectivity index (χ1v) is 5.91. The molecule has 1 aromatic heterocycles. The van der Waals surface area contributed by atoms with Gasteiger partial charge in [-0.15, -0.1) is 0 Å². The van der Waals surface area contributed by atoms with E-state index < -0.39 is 23.3 Å². The third-order valence-corrected chi connectivity index (χ3v) is 2.45. The minimum atomic E-state index is -0.979. The minimum absolute atomic E-state index is 0.0497. The molecule has 0 radical (unpaired) electrons. The Bertz CT molecular complexity index is 479. The summed E-state index contributed by atoms with van der Waals surface area (Å²) in [6.45, 7) is -0.334. The molecule has 0 aromatic carbocycles. The van der Waals surface area contributed by atoms with Crippen molar-refractivity contribution in [3.63, 3.8) is 0 Å². The molecule has 8 nitrogen and oxygen atoms in total. The fraction of sp³-hybridized carbons (Fsp3) is 0.250. The summed E-state index contributed by atoms with van der Waals surface area (Å²) in [5.74, 6) is -0.886. The summed E-state index contributed by atoms with van der Waals surface area (Å²) in [5.41, 5.74) is -0.221. The van der Waals surface area contributed by atoms with Crippen molar-refractivity contribution in [2.75, 3.05) is 7.11 Å². The SMILES string of the molecule is COc1cc[n+](O)c(COP=O)c1C(=O)OP=O. The first-order chi connectivity index (χ1) is 8.65. The molecule has 1 aromatic rings. The molecule has 0 atom stereocenters. The van der Waals surface area contributed by atoms with Gasteiger partial charge in [-0.1, -0.05) is 0 Å². The quantitative estimate of drug-likeness (QED) is 0.479. The zero-order valence-corrected chi connectivity index (χ0v) is 10.9. The van der Waals surface area contributed by atoms with E-state index in [0.29, 0.717) is 4.73 Å². The van der Waals surface area contributed by atoms with Crippen LogP contribution < -0.4 is 9.47 Å². The van der Waals surface area contributed by atoms with Crippen LogP contribution in [0.1, 0.15) is 16.1 Å². The fourth-order valence-corrected chi connectivity index (χ4v) is 1.60. The van der Waals surface area contributed by atoms with Crippen molar-refractivity contribution in [1.82, 2.24) is 0 Å². The van der Waals surface area contributed by atoms with Gasteiger partial charge in [0, 0.05) is 4.73 Å². The molecule has 0 saturated heterocycles. The average Bonchev–Trinajstić information content (AvgIpc) is 2.37. The van der Waals surface area contributed by atoms with Crippen LogP contribution in [0.5, 0.6) is 5.75 Å². The van der Waals surface area contributed by atoms with Crippen LogP contribution in [0.2, 0.25) is 0 Å². The highest BCUT2D eigenvalue weighted by atomic mass is 31.1. The van der Waals surface area contributed by atoms with Crippen molar-refractivity contribution in [1.29, 1.82) is 0 Å². The summed E-state index contributed by atoms with van der Waals surface area (Å²) in [4.78, 5) is 11.6. The van der Waals surface area contributed by atoms with Crippen LogP contribution in [0, 0.1) is 0 Å². The number of hydrogen-bond donors (Lipinski definition) is 1. The topological polar surface area (TPSA) is 103 Å². The first-order valence-electron chi connectivity index (χ1n) is 4.45. The largest absolute Gasteiger partial charge is 0.495 e. The second kappa shape index (κ2) is 6.96. The first kappa shape index (κ1) is 14.4. The smallest absolute Gasteiger partial charge is 0.398 e. The maximum atomic E-state index is 11.6. The molecule has 10 heteroatoms. The summed E-state index contributed by atoms with van der Waals surface area (Å²) in [7, 11) is -0.157. The van der Waals surface area contributed by atoms with Crippen molar-refractivity contribution in [3.05, 3.63) is 23.5 Å². The Hall–Kier alpha value is -1.62. The number of pyridine rings is 1. The van der Waals surface area contributed by atoms with Crippen molar-refractivity contribution in [2.45, 2.75) is 6.61 Å². The van der Waals surface area contributed by atoms with E-state index in [9.17, 15) is 19.1 Å². The normalized spacial score (nSPS) is 10.5. The van der Waals surface area contributed by atoms with E-state index in [1.165, 1.54) is 19.4 Å². The van der Waals surface area contributed by atoms with E-state index >= 15 is 0 Å². The number of carbonyl (C=O) groups is 1. The molecule has 0 spiro atoms. The standard InChI is InChI=1S/C8H8NO7P2/c1-14-6-2-3-9(11)5(4-15-17-12)7(6)8(10)16-18-13/h2-3,11H,4H2,1H3/q+1. The monoisotopic (exact) mass is 292 g/mol. The lowest BCUT2D eigenvalue weighted by Crippen LogP contribution is -2.37. The molecule has 0 amide bonds. The summed E-state index contributed by atoms with van der Waals surface area (Å²) in [6.07, 6.45) is 1.20. The molecule has 0 saturated carbocycles. The summed E-state index contributed by atoms with van der Waals surface area (Å²) in [5, 5.41) is 9.54. The Morgan fingerprint density at radius 1 is 1.44 bits per heavy atom. The Kier molecular flexibility index (Phi) is 5.58. The summed E-state index contributed by atoms with van der Waals surface area (Å²) >= 11 is 0. The van der Waals surface area contributed by atoms with Crippen molar-refractivity contribution >= 4 is 23.3 Å². The Balaban J connectivity index is 3.30. The van der Waals surface area contributed by atoms with Gasteiger partial charge in [-0.2, -0.15) is 0 Å². The molecule has 0 aliphatic carbocycles. The van der Waals surface area contributed by atoms with Gasteiger partial charge in [0.1, 0.15) is 5.75 Å². The maximum Gasteiger partial charge on any atom is 0.398 e. The van der Waals surface area contributed by atoms with Gasteiger partial charge >= 0.3 is 23.3 Å². The summed E-state index contributed by atoms with van der Waals surface area (Å²) in [6, 6.07) is 1.30. The lowest BCUT2D eigenvalue weighted by molar-refractivity contribution is -0.910. The van der Waals surface area contributed by atoms with Crippen LogP contribution in [-0.2, 0) is 24.8 Å². The van der Waals surface area contributed by atoms with Crippen LogP contribution in [0.25, 0.3) is 0 Å². The van der Waals surface area contributed by atoms with Gasteiger partial charge in [-0.05, 0) is 0 Å². The molecule has 0 unspecified atom stereocenters. The van der Waals surface area contributed by atoms with E-state index in [1.807, 2.05) is 0 Å². The van der Waals surface area contributed by atoms with Gasteiger partial charge < -0.3 is 9.26 Å². The molecule has 0 fully saturated rings. The maximum absolute atomic E-state index is 11.6. The van der Waals surface area contributed by atoms with Gasteiger partial charge in [0.05, 0.1) is 13.2 Å². The molecule has 0 bridgehead atoms. The van der Waals surface area contributed by atoms with Gasteiger partial charge in [-0.25, -0.2) is 13.9 Å².